The lowest BCUT2D eigenvalue weighted by Crippen LogP contribution is -2.36. The molecule has 1 heterocycles. The molecule has 3 amide bonds. The number of benzene rings is 1. The molecular formula is C17H23N3O4. The van der Waals surface area contributed by atoms with Gasteiger partial charge in [-0.1, -0.05) is 6.07 Å². The van der Waals surface area contributed by atoms with Gasteiger partial charge in [0, 0.05) is 30.9 Å². The summed E-state index contributed by atoms with van der Waals surface area (Å²) in [5.74, 6) is -0.984. The fourth-order valence-electron chi connectivity index (χ4n) is 2.66. The smallest absolute Gasteiger partial charge is 0.319 e. The molecule has 0 spiro atoms. The van der Waals surface area contributed by atoms with Crippen LogP contribution < -0.4 is 10.6 Å². The van der Waals surface area contributed by atoms with Gasteiger partial charge in [0.15, 0.2) is 0 Å². The van der Waals surface area contributed by atoms with Crippen LogP contribution in [0.2, 0.25) is 0 Å². The number of nitrogens with zero attached hydrogens (tertiary/aromatic N) is 1. The second kappa shape index (κ2) is 8.33. The monoisotopic (exact) mass is 333 g/mol. The third-order valence-electron chi connectivity index (χ3n) is 3.99. The number of carboxylic acid groups (broad SMARTS) is 1. The standard InChI is InChI=1S/C17H23N3O4/c1-12-5-6-13(19-17(24)18-8-7-15(21)22)11-14(12)16(23)20-9-3-2-4-10-20/h5-6,11H,2-4,7-10H2,1H3,(H,21,22)(H2,18,19,24). The molecule has 1 aromatic carbocycles. The number of piperidine rings is 1. The minimum Gasteiger partial charge on any atom is -0.481 e. The summed E-state index contributed by atoms with van der Waals surface area (Å²) < 4.78 is 0. The van der Waals surface area contributed by atoms with E-state index in [0.29, 0.717) is 11.3 Å². The molecule has 2 rings (SSSR count). The minimum atomic E-state index is -0.972. The highest BCUT2D eigenvalue weighted by atomic mass is 16.4. The number of urea groups is 1. The zero-order valence-electron chi connectivity index (χ0n) is 13.8. The summed E-state index contributed by atoms with van der Waals surface area (Å²) in [7, 11) is 0. The first-order valence-corrected chi connectivity index (χ1v) is 8.14. The van der Waals surface area contributed by atoms with Gasteiger partial charge in [0.2, 0.25) is 0 Å². The van der Waals surface area contributed by atoms with Crippen molar-refractivity contribution in [3.8, 4) is 0 Å². The van der Waals surface area contributed by atoms with Gasteiger partial charge in [0.1, 0.15) is 0 Å². The highest BCUT2D eigenvalue weighted by molar-refractivity contribution is 5.98. The van der Waals surface area contributed by atoms with Crippen LogP contribution in [0.1, 0.15) is 41.6 Å². The molecule has 0 unspecified atom stereocenters. The largest absolute Gasteiger partial charge is 0.481 e. The van der Waals surface area contributed by atoms with Gasteiger partial charge in [-0.05, 0) is 43.9 Å². The maximum Gasteiger partial charge on any atom is 0.319 e. The molecule has 1 aromatic rings. The Morgan fingerprint density at radius 2 is 1.88 bits per heavy atom. The van der Waals surface area contributed by atoms with Crippen molar-refractivity contribution in [1.29, 1.82) is 0 Å². The SMILES string of the molecule is Cc1ccc(NC(=O)NCCC(=O)O)cc1C(=O)N1CCCCC1. The Labute approximate surface area is 141 Å². The average Bonchev–Trinajstić information content (AvgIpc) is 2.56. The number of amides is 3. The molecule has 7 nitrogen and oxygen atoms in total. The van der Waals surface area contributed by atoms with Crippen LogP contribution >= 0.6 is 0 Å². The van der Waals surface area contributed by atoms with Gasteiger partial charge < -0.3 is 20.6 Å². The van der Waals surface area contributed by atoms with Gasteiger partial charge in [-0.15, -0.1) is 0 Å². The van der Waals surface area contributed by atoms with E-state index in [2.05, 4.69) is 10.6 Å². The van der Waals surface area contributed by atoms with E-state index >= 15 is 0 Å². The maximum atomic E-state index is 12.6. The Bertz CT molecular complexity index is 624. The van der Waals surface area contributed by atoms with Crippen LogP contribution in [0.25, 0.3) is 0 Å². The molecule has 1 fully saturated rings. The van der Waals surface area contributed by atoms with Crippen molar-refractivity contribution in [2.75, 3.05) is 25.0 Å². The maximum absolute atomic E-state index is 12.6. The molecule has 1 saturated heterocycles. The van der Waals surface area contributed by atoms with Crippen LogP contribution in [-0.4, -0.2) is 47.5 Å². The molecule has 1 aliphatic heterocycles. The summed E-state index contributed by atoms with van der Waals surface area (Å²) in [6, 6.07) is 4.70. The van der Waals surface area contributed by atoms with Crippen molar-refractivity contribution < 1.29 is 19.5 Å². The Morgan fingerprint density at radius 3 is 2.54 bits per heavy atom. The zero-order chi connectivity index (χ0) is 17.5. The number of aryl methyl sites for hydroxylation is 1. The van der Waals surface area contributed by atoms with Crippen LogP contribution in [0, 0.1) is 6.92 Å². The number of hydrogen-bond acceptors (Lipinski definition) is 3. The van der Waals surface area contributed by atoms with Crippen molar-refractivity contribution in [1.82, 2.24) is 10.2 Å². The van der Waals surface area contributed by atoms with Crippen LogP contribution in [-0.2, 0) is 4.79 Å². The normalized spacial score (nSPS) is 14.1. The van der Waals surface area contributed by atoms with E-state index in [1.807, 2.05) is 11.8 Å². The van der Waals surface area contributed by atoms with Crippen LogP contribution in [0.5, 0.6) is 0 Å². The van der Waals surface area contributed by atoms with E-state index in [0.717, 1.165) is 37.9 Å². The molecule has 0 bridgehead atoms. The number of carboxylic acids is 1. The van der Waals surface area contributed by atoms with Crippen LogP contribution in [0.15, 0.2) is 18.2 Å². The molecule has 0 atom stereocenters. The highest BCUT2D eigenvalue weighted by Crippen LogP contribution is 2.19. The first kappa shape index (κ1) is 17.8. The molecule has 0 radical (unpaired) electrons. The predicted molar refractivity (Wildman–Crippen MR) is 90.2 cm³/mol. The average molecular weight is 333 g/mol. The molecular weight excluding hydrogens is 310 g/mol. The van der Waals surface area contributed by atoms with Gasteiger partial charge in [0.25, 0.3) is 5.91 Å². The third-order valence-corrected chi connectivity index (χ3v) is 3.99. The molecule has 0 aliphatic carbocycles. The van der Waals surface area contributed by atoms with Crippen molar-refractivity contribution >= 4 is 23.6 Å². The molecule has 130 valence electrons. The third kappa shape index (κ3) is 4.97. The van der Waals surface area contributed by atoms with Crippen molar-refractivity contribution in [2.45, 2.75) is 32.6 Å². The van der Waals surface area contributed by atoms with Crippen LogP contribution in [0.4, 0.5) is 10.5 Å². The van der Waals surface area contributed by atoms with Crippen molar-refractivity contribution in [2.24, 2.45) is 0 Å². The Balaban J connectivity index is 2.00. The topological polar surface area (TPSA) is 98.7 Å². The van der Waals surface area contributed by atoms with Crippen molar-refractivity contribution in [3.05, 3.63) is 29.3 Å². The van der Waals surface area contributed by atoms with E-state index in [4.69, 9.17) is 5.11 Å². The van der Waals surface area contributed by atoms with Gasteiger partial charge in [-0.2, -0.15) is 0 Å². The lowest BCUT2D eigenvalue weighted by Gasteiger charge is -2.27. The minimum absolute atomic E-state index is 0.0119. The number of nitrogens with one attached hydrogen (secondary N) is 2. The number of aliphatic carboxylic acids is 1. The van der Waals surface area contributed by atoms with Crippen molar-refractivity contribution in [3.63, 3.8) is 0 Å². The Hall–Kier alpha value is -2.57. The fourth-order valence-corrected chi connectivity index (χ4v) is 2.66. The van der Waals surface area contributed by atoms with Gasteiger partial charge in [-0.25, -0.2) is 4.79 Å². The molecule has 0 saturated carbocycles. The van der Waals surface area contributed by atoms with Gasteiger partial charge in [-0.3, -0.25) is 9.59 Å². The van der Waals surface area contributed by atoms with Gasteiger partial charge >= 0.3 is 12.0 Å². The van der Waals surface area contributed by atoms with E-state index in [9.17, 15) is 14.4 Å². The first-order chi connectivity index (χ1) is 11.5. The number of hydrogen-bond donors (Lipinski definition) is 3. The Kier molecular flexibility index (Phi) is 6.17. The fraction of sp³-hybridized carbons (Fsp3) is 0.471. The van der Waals surface area contributed by atoms with Crippen LogP contribution in [0.3, 0.4) is 0 Å². The van der Waals surface area contributed by atoms with E-state index < -0.39 is 12.0 Å². The molecule has 3 N–H and O–H groups in total. The summed E-state index contributed by atoms with van der Waals surface area (Å²) >= 11 is 0. The predicted octanol–water partition coefficient (Wildman–Crippen LogP) is 2.22. The summed E-state index contributed by atoms with van der Waals surface area (Å²) in [5, 5.41) is 13.6. The second-order valence-electron chi connectivity index (χ2n) is 5.91. The number of rotatable bonds is 5. The summed E-state index contributed by atoms with van der Waals surface area (Å²) in [6.07, 6.45) is 3.06. The molecule has 24 heavy (non-hydrogen) atoms. The molecule has 0 aromatic heterocycles. The quantitative estimate of drug-likeness (QED) is 0.769. The lowest BCUT2D eigenvalue weighted by molar-refractivity contribution is -0.136. The number of carbonyl (C=O) groups is 3. The molecule has 1 aliphatic rings. The lowest BCUT2D eigenvalue weighted by atomic mass is 10.0. The summed E-state index contributed by atoms with van der Waals surface area (Å²) in [6.45, 7) is 3.46. The Morgan fingerprint density at radius 1 is 1.17 bits per heavy atom. The summed E-state index contributed by atoms with van der Waals surface area (Å²) in [4.78, 5) is 36.7. The number of carbonyl (C=O) groups excluding carboxylic acids is 2. The van der Waals surface area contributed by atoms with E-state index in [1.165, 1.54) is 0 Å². The highest BCUT2D eigenvalue weighted by Gasteiger charge is 2.20. The van der Waals surface area contributed by atoms with E-state index in [-0.39, 0.29) is 18.9 Å². The van der Waals surface area contributed by atoms with E-state index in [1.54, 1.807) is 18.2 Å². The number of likely N-dealkylation sites (tertiary alicyclic amines) is 1. The zero-order valence-corrected chi connectivity index (χ0v) is 13.8. The number of anilines is 1. The molecule has 7 heteroatoms. The summed E-state index contributed by atoms with van der Waals surface area (Å²) in [5.41, 5.74) is 1.96. The van der Waals surface area contributed by atoms with Gasteiger partial charge in [0.05, 0.1) is 6.42 Å². The second-order valence-corrected chi connectivity index (χ2v) is 5.91. The first-order valence-electron chi connectivity index (χ1n) is 8.14.